The Kier molecular flexibility index (Phi) is 6.17. The molecule has 0 bridgehead atoms. The van der Waals surface area contributed by atoms with Crippen LogP contribution in [-0.4, -0.2) is 47.3 Å². The molecule has 0 aliphatic carbocycles. The van der Waals surface area contributed by atoms with E-state index in [-0.39, 0.29) is 11.6 Å². The molecule has 2 N–H and O–H groups in total. The average Bonchev–Trinajstić information content (AvgIpc) is 2.79. The Morgan fingerprint density at radius 3 is 2.59 bits per heavy atom. The number of urea groups is 1. The van der Waals surface area contributed by atoms with E-state index in [1.807, 2.05) is 0 Å². The highest BCUT2D eigenvalue weighted by Gasteiger charge is 2.32. The van der Waals surface area contributed by atoms with Gasteiger partial charge in [0.15, 0.2) is 0 Å². The average molecular weight is 444 g/mol. The molecule has 2 aromatic heterocycles. The molecule has 0 atom stereocenters. The van der Waals surface area contributed by atoms with Crippen molar-refractivity contribution >= 4 is 23.4 Å². The van der Waals surface area contributed by atoms with Crippen LogP contribution in [0.1, 0.15) is 5.56 Å². The van der Waals surface area contributed by atoms with E-state index in [2.05, 4.69) is 25.6 Å². The summed E-state index contributed by atoms with van der Waals surface area (Å²) in [7, 11) is 0. The lowest BCUT2D eigenvalue weighted by Gasteiger charge is -2.29. The zero-order valence-electron chi connectivity index (χ0n) is 16.8. The summed E-state index contributed by atoms with van der Waals surface area (Å²) in [6.45, 7) is 1.76. The molecule has 1 saturated heterocycles. The molecular formula is C21H19F3N6O2. The summed E-state index contributed by atoms with van der Waals surface area (Å²) >= 11 is 0. The largest absolute Gasteiger partial charge is 0.416 e. The number of halogens is 3. The van der Waals surface area contributed by atoms with Crippen LogP contribution in [-0.2, 0) is 10.9 Å². The van der Waals surface area contributed by atoms with Crippen molar-refractivity contribution in [2.75, 3.05) is 41.8 Å². The standard InChI is InChI=1S/C21H19F3N6O2/c22-21(23,24)15-10-16(12-17(11-15)30-6-8-32-9-7-30)27-20(31)29-19-26-5-3-18(28-19)14-2-1-4-25-13-14/h1-5,10-13H,6-9H2,(H2,26,27,28,29,31). The number of carbonyl (C=O) groups is 1. The second-order valence-corrected chi connectivity index (χ2v) is 6.95. The summed E-state index contributed by atoms with van der Waals surface area (Å²) in [6.07, 6.45) is 0.141. The van der Waals surface area contributed by atoms with Crippen LogP contribution in [0.5, 0.6) is 0 Å². The Labute approximate surface area is 181 Å². The van der Waals surface area contributed by atoms with Crippen LogP contribution in [0.25, 0.3) is 11.3 Å². The van der Waals surface area contributed by atoms with Crippen molar-refractivity contribution in [1.29, 1.82) is 0 Å². The first-order valence-corrected chi connectivity index (χ1v) is 9.75. The topological polar surface area (TPSA) is 92.3 Å². The summed E-state index contributed by atoms with van der Waals surface area (Å²) in [6, 6.07) is 7.88. The van der Waals surface area contributed by atoms with Gasteiger partial charge in [0.2, 0.25) is 5.95 Å². The number of nitrogens with one attached hydrogen (secondary N) is 2. The van der Waals surface area contributed by atoms with Crippen LogP contribution >= 0.6 is 0 Å². The second kappa shape index (κ2) is 9.18. The molecule has 1 aromatic carbocycles. The van der Waals surface area contributed by atoms with Crippen molar-refractivity contribution < 1.29 is 22.7 Å². The number of hydrogen-bond donors (Lipinski definition) is 2. The maximum absolute atomic E-state index is 13.4. The Bertz CT molecular complexity index is 1090. The summed E-state index contributed by atoms with van der Waals surface area (Å²) in [5.41, 5.74) is 0.769. The number of hydrogen-bond acceptors (Lipinski definition) is 6. The lowest BCUT2D eigenvalue weighted by Crippen LogP contribution is -2.36. The van der Waals surface area contributed by atoms with Crippen LogP contribution in [0.2, 0.25) is 0 Å². The smallest absolute Gasteiger partial charge is 0.378 e. The number of nitrogens with zero attached hydrogens (tertiary/aromatic N) is 4. The monoisotopic (exact) mass is 444 g/mol. The van der Waals surface area contributed by atoms with Gasteiger partial charge in [-0.3, -0.25) is 10.3 Å². The predicted octanol–water partition coefficient (Wildman–Crippen LogP) is 4.04. The number of ether oxygens (including phenoxy) is 1. The third-order valence-corrected chi connectivity index (χ3v) is 4.72. The second-order valence-electron chi connectivity index (χ2n) is 6.95. The fraction of sp³-hybridized carbons (Fsp3) is 0.238. The highest BCUT2D eigenvalue weighted by atomic mass is 19.4. The van der Waals surface area contributed by atoms with Crippen molar-refractivity contribution in [3.8, 4) is 11.3 Å². The first-order chi connectivity index (χ1) is 15.4. The van der Waals surface area contributed by atoms with Crippen LogP contribution in [0.3, 0.4) is 0 Å². The molecule has 0 unspecified atom stereocenters. The van der Waals surface area contributed by atoms with Crippen LogP contribution < -0.4 is 15.5 Å². The number of benzene rings is 1. The minimum atomic E-state index is -4.56. The molecule has 0 saturated carbocycles. The fourth-order valence-corrected chi connectivity index (χ4v) is 3.21. The van der Waals surface area contributed by atoms with E-state index in [0.717, 1.165) is 17.7 Å². The number of alkyl halides is 3. The van der Waals surface area contributed by atoms with Gasteiger partial charge in [0.05, 0.1) is 24.5 Å². The lowest BCUT2D eigenvalue weighted by atomic mass is 10.1. The van der Waals surface area contributed by atoms with E-state index < -0.39 is 17.8 Å². The quantitative estimate of drug-likeness (QED) is 0.631. The molecule has 32 heavy (non-hydrogen) atoms. The molecule has 1 aliphatic heterocycles. The third-order valence-electron chi connectivity index (χ3n) is 4.72. The van der Waals surface area contributed by atoms with Gasteiger partial charge in [-0.15, -0.1) is 0 Å². The van der Waals surface area contributed by atoms with Gasteiger partial charge in [0, 0.05) is 48.6 Å². The van der Waals surface area contributed by atoms with E-state index in [4.69, 9.17) is 4.74 Å². The van der Waals surface area contributed by atoms with Crippen LogP contribution in [0, 0.1) is 0 Å². The maximum atomic E-state index is 13.4. The molecule has 0 spiro atoms. The molecular weight excluding hydrogens is 425 g/mol. The van der Waals surface area contributed by atoms with Crippen molar-refractivity contribution in [2.45, 2.75) is 6.18 Å². The first-order valence-electron chi connectivity index (χ1n) is 9.75. The number of anilines is 3. The van der Waals surface area contributed by atoms with Gasteiger partial charge >= 0.3 is 12.2 Å². The van der Waals surface area contributed by atoms with Gasteiger partial charge in [-0.25, -0.2) is 14.8 Å². The van der Waals surface area contributed by atoms with E-state index in [9.17, 15) is 18.0 Å². The number of rotatable bonds is 4. The zero-order chi connectivity index (χ0) is 22.6. The van der Waals surface area contributed by atoms with Crippen LogP contribution in [0.15, 0.2) is 55.0 Å². The Hall–Kier alpha value is -3.73. The molecule has 1 aliphatic rings. The van der Waals surface area contributed by atoms with Gasteiger partial charge in [0.25, 0.3) is 0 Å². The maximum Gasteiger partial charge on any atom is 0.416 e. The van der Waals surface area contributed by atoms with Gasteiger partial charge in [-0.2, -0.15) is 13.2 Å². The van der Waals surface area contributed by atoms with E-state index in [0.29, 0.717) is 37.7 Å². The summed E-state index contributed by atoms with van der Waals surface area (Å²) in [5, 5.41) is 4.89. The molecule has 3 aromatic rings. The third kappa shape index (κ3) is 5.30. The molecule has 3 heterocycles. The molecule has 0 radical (unpaired) electrons. The van der Waals surface area contributed by atoms with Gasteiger partial charge < -0.3 is 15.0 Å². The Morgan fingerprint density at radius 2 is 1.88 bits per heavy atom. The molecule has 8 nitrogen and oxygen atoms in total. The molecule has 1 fully saturated rings. The van der Waals surface area contributed by atoms with Crippen molar-refractivity contribution in [3.05, 3.63) is 60.6 Å². The normalized spacial score (nSPS) is 14.2. The van der Waals surface area contributed by atoms with Crippen molar-refractivity contribution in [3.63, 3.8) is 0 Å². The highest BCUT2D eigenvalue weighted by Crippen LogP contribution is 2.34. The fourth-order valence-electron chi connectivity index (χ4n) is 3.21. The minimum Gasteiger partial charge on any atom is -0.378 e. The Balaban J connectivity index is 1.52. The summed E-state index contributed by atoms with van der Waals surface area (Å²) < 4.78 is 45.5. The van der Waals surface area contributed by atoms with Crippen molar-refractivity contribution in [2.24, 2.45) is 0 Å². The number of carbonyl (C=O) groups excluding carboxylic acids is 1. The van der Waals surface area contributed by atoms with E-state index in [1.165, 1.54) is 12.3 Å². The molecule has 11 heteroatoms. The number of morpholine rings is 1. The summed E-state index contributed by atoms with van der Waals surface area (Å²) in [4.78, 5) is 26.5. The van der Waals surface area contributed by atoms with Gasteiger partial charge in [-0.1, -0.05) is 0 Å². The Morgan fingerprint density at radius 1 is 1.06 bits per heavy atom. The highest BCUT2D eigenvalue weighted by molar-refractivity contribution is 5.99. The van der Waals surface area contributed by atoms with Crippen molar-refractivity contribution in [1.82, 2.24) is 15.0 Å². The molecule has 166 valence electrons. The van der Waals surface area contributed by atoms with E-state index in [1.54, 1.807) is 35.5 Å². The summed E-state index contributed by atoms with van der Waals surface area (Å²) in [5.74, 6) is 0.00392. The lowest BCUT2D eigenvalue weighted by molar-refractivity contribution is -0.137. The zero-order valence-corrected chi connectivity index (χ0v) is 16.8. The molecule has 2 amide bonds. The van der Waals surface area contributed by atoms with Gasteiger partial charge in [0.1, 0.15) is 0 Å². The van der Waals surface area contributed by atoms with Crippen LogP contribution in [0.4, 0.5) is 35.3 Å². The predicted molar refractivity (Wildman–Crippen MR) is 112 cm³/mol. The van der Waals surface area contributed by atoms with E-state index >= 15 is 0 Å². The molecule has 4 rings (SSSR count). The number of aromatic nitrogens is 3. The SMILES string of the molecule is O=C(Nc1cc(N2CCOCC2)cc(C(F)(F)F)c1)Nc1nccc(-c2cccnc2)n1. The first kappa shape index (κ1) is 21.5. The number of pyridine rings is 1. The van der Waals surface area contributed by atoms with Gasteiger partial charge in [-0.05, 0) is 36.4 Å². The number of amides is 2. The minimum absolute atomic E-state index is 0.00207.